The van der Waals surface area contributed by atoms with Crippen LogP contribution in [0.5, 0.6) is 0 Å². The van der Waals surface area contributed by atoms with Crippen LogP contribution in [0.1, 0.15) is 26.2 Å². The third-order valence-corrected chi connectivity index (χ3v) is 2.00. The van der Waals surface area contributed by atoms with E-state index in [-0.39, 0.29) is 18.9 Å². The van der Waals surface area contributed by atoms with Crippen molar-refractivity contribution in [1.82, 2.24) is 5.32 Å². The van der Waals surface area contributed by atoms with Crippen LogP contribution in [0.15, 0.2) is 12.7 Å². The molecule has 0 aliphatic carbocycles. The quantitative estimate of drug-likeness (QED) is 0.505. The van der Waals surface area contributed by atoms with Gasteiger partial charge in [0.1, 0.15) is 0 Å². The first-order chi connectivity index (χ1) is 6.97. The van der Waals surface area contributed by atoms with Gasteiger partial charge in [0.15, 0.2) is 0 Å². The van der Waals surface area contributed by atoms with Gasteiger partial charge in [0.25, 0.3) is 0 Å². The van der Waals surface area contributed by atoms with Crippen molar-refractivity contribution in [2.75, 3.05) is 0 Å². The molecule has 0 spiro atoms. The number of rotatable bonds is 8. The molecule has 4 N–H and O–H groups in total. The van der Waals surface area contributed by atoms with Crippen LogP contribution in [0.4, 0.5) is 0 Å². The second-order valence-corrected chi connectivity index (χ2v) is 3.48. The van der Waals surface area contributed by atoms with E-state index in [4.69, 9.17) is 10.8 Å². The number of carbonyl (C=O) groups excluding carboxylic acids is 1. The standard InChI is InChI=1S/C10H18N2O3/c1-3-4-7(2)12-8(10(11)15)5-6-9(13)14/h3,7-8,12H,1,4-6H2,2H3,(H2,11,15)(H,13,14)/t7?,8-/m0/s1. The molecular weight excluding hydrogens is 196 g/mol. The Bertz CT molecular complexity index is 241. The highest BCUT2D eigenvalue weighted by Crippen LogP contribution is 2.01. The number of amides is 1. The summed E-state index contributed by atoms with van der Waals surface area (Å²) in [6.07, 6.45) is 2.58. The molecular formula is C10H18N2O3. The summed E-state index contributed by atoms with van der Waals surface area (Å²) in [4.78, 5) is 21.3. The van der Waals surface area contributed by atoms with Gasteiger partial charge in [-0.25, -0.2) is 0 Å². The van der Waals surface area contributed by atoms with Crippen molar-refractivity contribution in [2.45, 2.75) is 38.3 Å². The van der Waals surface area contributed by atoms with Gasteiger partial charge in [0.05, 0.1) is 6.04 Å². The van der Waals surface area contributed by atoms with E-state index >= 15 is 0 Å². The molecule has 0 saturated carbocycles. The second-order valence-electron chi connectivity index (χ2n) is 3.48. The lowest BCUT2D eigenvalue weighted by Gasteiger charge is -2.19. The molecule has 0 saturated heterocycles. The lowest BCUT2D eigenvalue weighted by atomic mass is 10.1. The number of carbonyl (C=O) groups is 2. The van der Waals surface area contributed by atoms with E-state index in [1.54, 1.807) is 6.08 Å². The lowest BCUT2D eigenvalue weighted by molar-refractivity contribution is -0.137. The van der Waals surface area contributed by atoms with Crippen LogP contribution in [0.3, 0.4) is 0 Å². The van der Waals surface area contributed by atoms with E-state index in [1.807, 2.05) is 6.92 Å². The number of carboxylic acids is 1. The van der Waals surface area contributed by atoms with Crippen LogP contribution in [0.25, 0.3) is 0 Å². The Labute approximate surface area is 89.3 Å². The zero-order valence-corrected chi connectivity index (χ0v) is 8.90. The Morgan fingerprint density at radius 3 is 2.60 bits per heavy atom. The number of nitrogens with two attached hydrogens (primary N) is 1. The zero-order chi connectivity index (χ0) is 11.8. The molecule has 5 heteroatoms. The highest BCUT2D eigenvalue weighted by molar-refractivity contribution is 5.80. The fourth-order valence-corrected chi connectivity index (χ4v) is 1.24. The average Bonchev–Trinajstić information content (AvgIpc) is 2.11. The van der Waals surface area contributed by atoms with Crippen molar-refractivity contribution in [3.63, 3.8) is 0 Å². The molecule has 5 nitrogen and oxygen atoms in total. The molecule has 0 aromatic heterocycles. The first kappa shape index (κ1) is 13.6. The number of primary amides is 1. The fraction of sp³-hybridized carbons (Fsp3) is 0.600. The SMILES string of the molecule is C=CCC(C)N[C@@H](CCC(=O)O)C(N)=O. The summed E-state index contributed by atoms with van der Waals surface area (Å²) in [5.74, 6) is -1.45. The number of hydrogen-bond donors (Lipinski definition) is 3. The van der Waals surface area contributed by atoms with Crippen molar-refractivity contribution in [2.24, 2.45) is 5.73 Å². The van der Waals surface area contributed by atoms with Gasteiger partial charge in [0.2, 0.25) is 5.91 Å². The first-order valence-corrected chi connectivity index (χ1v) is 4.85. The third kappa shape index (κ3) is 6.68. The minimum Gasteiger partial charge on any atom is -0.481 e. The predicted octanol–water partition coefficient (Wildman–Crippen LogP) is 0.259. The van der Waals surface area contributed by atoms with E-state index in [0.717, 1.165) is 0 Å². The van der Waals surface area contributed by atoms with E-state index in [2.05, 4.69) is 11.9 Å². The largest absolute Gasteiger partial charge is 0.481 e. The molecule has 2 atom stereocenters. The van der Waals surface area contributed by atoms with Gasteiger partial charge in [-0.05, 0) is 19.8 Å². The molecule has 1 amide bonds. The molecule has 0 fully saturated rings. The molecule has 0 bridgehead atoms. The van der Waals surface area contributed by atoms with Gasteiger partial charge < -0.3 is 16.2 Å². The Hall–Kier alpha value is -1.36. The molecule has 0 aliphatic heterocycles. The van der Waals surface area contributed by atoms with Crippen LogP contribution < -0.4 is 11.1 Å². The summed E-state index contributed by atoms with van der Waals surface area (Å²) in [6.45, 7) is 5.46. The first-order valence-electron chi connectivity index (χ1n) is 4.85. The van der Waals surface area contributed by atoms with Gasteiger partial charge in [-0.2, -0.15) is 0 Å². The molecule has 0 aromatic carbocycles. The monoisotopic (exact) mass is 214 g/mol. The van der Waals surface area contributed by atoms with Gasteiger partial charge in [0, 0.05) is 12.5 Å². The molecule has 1 unspecified atom stereocenters. The smallest absolute Gasteiger partial charge is 0.303 e. The summed E-state index contributed by atoms with van der Waals surface area (Å²) in [5, 5.41) is 11.4. The predicted molar refractivity (Wildman–Crippen MR) is 57.3 cm³/mol. The zero-order valence-electron chi connectivity index (χ0n) is 8.90. The Morgan fingerprint density at radius 1 is 1.60 bits per heavy atom. The van der Waals surface area contributed by atoms with Crippen molar-refractivity contribution in [1.29, 1.82) is 0 Å². The normalized spacial score (nSPS) is 14.2. The number of carboxylic acid groups (broad SMARTS) is 1. The summed E-state index contributed by atoms with van der Waals surface area (Å²) in [7, 11) is 0. The van der Waals surface area contributed by atoms with Crippen LogP contribution in [-0.2, 0) is 9.59 Å². The van der Waals surface area contributed by atoms with Gasteiger partial charge >= 0.3 is 5.97 Å². The second kappa shape index (κ2) is 7.00. The highest BCUT2D eigenvalue weighted by atomic mass is 16.4. The average molecular weight is 214 g/mol. The number of aliphatic carboxylic acids is 1. The molecule has 86 valence electrons. The van der Waals surface area contributed by atoms with Crippen molar-refractivity contribution < 1.29 is 14.7 Å². The van der Waals surface area contributed by atoms with E-state index in [9.17, 15) is 9.59 Å². The molecule has 0 radical (unpaired) electrons. The summed E-state index contributed by atoms with van der Waals surface area (Å²) < 4.78 is 0. The lowest BCUT2D eigenvalue weighted by Crippen LogP contribution is -2.45. The van der Waals surface area contributed by atoms with Crippen molar-refractivity contribution in [3.05, 3.63) is 12.7 Å². The maximum absolute atomic E-state index is 11.0. The molecule has 0 heterocycles. The Balaban J connectivity index is 4.09. The van der Waals surface area contributed by atoms with Crippen LogP contribution in [0, 0.1) is 0 Å². The van der Waals surface area contributed by atoms with Crippen molar-refractivity contribution >= 4 is 11.9 Å². The Morgan fingerprint density at radius 2 is 2.20 bits per heavy atom. The minimum atomic E-state index is -0.931. The summed E-state index contributed by atoms with van der Waals surface area (Å²) >= 11 is 0. The minimum absolute atomic E-state index is 0.0637. The summed E-state index contributed by atoms with van der Waals surface area (Å²) in [6, 6.07) is -0.523. The van der Waals surface area contributed by atoms with Gasteiger partial charge in [-0.1, -0.05) is 6.08 Å². The van der Waals surface area contributed by atoms with E-state index in [0.29, 0.717) is 6.42 Å². The molecule has 0 aliphatic rings. The van der Waals surface area contributed by atoms with Crippen LogP contribution in [0.2, 0.25) is 0 Å². The topological polar surface area (TPSA) is 92.4 Å². The van der Waals surface area contributed by atoms with E-state index < -0.39 is 17.9 Å². The molecule has 15 heavy (non-hydrogen) atoms. The highest BCUT2D eigenvalue weighted by Gasteiger charge is 2.17. The van der Waals surface area contributed by atoms with Gasteiger partial charge in [-0.15, -0.1) is 6.58 Å². The Kier molecular flexibility index (Phi) is 6.37. The maximum atomic E-state index is 11.0. The van der Waals surface area contributed by atoms with Gasteiger partial charge in [-0.3, -0.25) is 9.59 Å². The summed E-state index contributed by atoms with van der Waals surface area (Å²) in [5.41, 5.74) is 5.15. The van der Waals surface area contributed by atoms with Crippen LogP contribution in [-0.4, -0.2) is 29.1 Å². The number of hydrogen-bond acceptors (Lipinski definition) is 3. The third-order valence-electron chi connectivity index (χ3n) is 2.00. The van der Waals surface area contributed by atoms with Crippen LogP contribution >= 0.6 is 0 Å². The fourth-order valence-electron chi connectivity index (χ4n) is 1.24. The molecule has 0 aromatic rings. The van der Waals surface area contributed by atoms with E-state index in [1.165, 1.54) is 0 Å². The van der Waals surface area contributed by atoms with Crippen molar-refractivity contribution in [3.8, 4) is 0 Å². The maximum Gasteiger partial charge on any atom is 0.303 e. The molecule has 0 rings (SSSR count). The number of nitrogens with one attached hydrogen (secondary N) is 1.